The number of unbranched alkanes of at least 4 members (excludes halogenated alkanes) is 1. The highest BCUT2D eigenvalue weighted by Gasteiger charge is 2.17. The summed E-state index contributed by atoms with van der Waals surface area (Å²) in [4.78, 5) is 0. The largest absolute Gasteiger partial charge is 0.308 e. The molecular weight excluding hydrogens is 250 g/mol. The van der Waals surface area contributed by atoms with Crippen LogP contribution in [-0.2, 0) is 5.54 Å². The maximum Gasteiger partial charge on any atom is 0.0377 e. The summed E-state index contributed by atoms with van der Waals surface area (Å²) in [5, 5.41) is 3.58. The van der Waals surface area contributed by atoms with Crippen molar-refractivity contribution in [2.75, 3.05) is 6.54 Å². The molecule has 2 heteroatoms. The first-order valence-electron chi connectivity index (χ1n) is 5.47. The minimum atomic E-state index is 0. The molecule has 0 atom stereocenters. The SMILES string of the molecule is Br.CCCCNC(C)(C)c1ccccc1. The Morgan fingerprint density at radius 1 is 1.13 bits per heavy atom. The molecule has 1 aromatic rings. The van der Waals surface area contributed by atoms with Crippen LogP contribution in [0.4, 0.5) is 0 Å². The quantitative estimate of drug-likeness (QED) is 0.802. The number of hydrogen-bond donors (Lipinski definition) is 1. The van der Waals surface area contributed by atoms with Crippen LogP contribution in [0.15, 0.2) is 30.3 Å². The van der Waals surface area contributed by atoms with Crippen LogP contribution < -0.4 is 5.32 Å². The van der Waals surface area contributed by atoms with Crippen LogP contribution in [0.3, 0.4) is 0 Å². The van der Waals surface area contributed by atoms with E-state index in [4.69, 9.17) is 0 Å². The minimum Gasteiger partial charge on any atom is -0.308 e. The van der Waals surface area contributed by atoms with Gasteiger partial charge in [-0.25, -0.2) is 0 Å². The smallest absolute Gasteiger partial charge is 0.0377 e. The van der Waals surface area contributed by atoms with Gasteiger partial charge >= 0.3 is 0 Å². The van der Waals surface area contributed by atoms with Gasteiger partial charge in [0.1, 0.15) is 0 Å². The predicted octanol–water partition coefficient (Wildman–Crippen LogP) is 3.89. The summed E-state index contributed by atoms with van der Waals surface area (Å²) in [7, 11) is 0. The monoisotopic (exact) mass is 271 g/mol. The minimum absolute atomic E-state index is 0. The highest BCUT2D eigenvalue weighted by molar-refractivity contribution is 8.93. The van der Waals surface area contributed by atoms with Gasteiger partial charge in [-0.05, 0) is 32.4 Å². The van der Waals surface area contributed by atoms with E-state index in [1.165, 1.54) is 18.4 Å². The van der Waals surface area contributed by atoms with Crippen LogP contribution in [0.25, 0.3) is 0 Å². The second-order valence-electron chi connectivity index (χ2n) is 4.27. The van der Waals surface area contributed by atoms with Gasteiger partial charge in [-0.2, -0.15) is 0 Å². The molecule has 0 unspecified atom stereocenters. The molecule has 0 saturated carbocycles. The average molecular weight is 272 g/mol. The van der Waals surface area contributed by atoms with E-state index in [9.17, 15) is 0 Å². The molecule has 86 valence electrons. The maximum absolute atomic E-state index is 3.58. The number of halogens is 1. The molecule has 0 fully saturated rings. The molecule has 0 aromatic heterocycles. The first-order valence-corrected chi connectivity index (χ1v) is 5.47. The third kappa shape index (κ3) is 4.80. The van der Waals surface area contributed by atoms with Gasteiger partial charge in [-0.3, -0.25) is 0 Å². The molecular formula is C13H22BrN. The van der Waals surface area contributed by atoms with Gasteiger partial charge in [0.05, 0.1) is 0 Å². The fraction of sp³-hybridized carbons (Fsp3) is 0.538. The number of benzene rings is 1. The van der Waals surface area contributed by atoms with Crippen molar-refractivity contribution in [2.45, 2.75) is 39.2 Å². The summed E-state index contributed by atoms with van der Waals surface area (Å²) in [6.07, 6.45) is 2.49. The lowest BCUT2D eigenvalue weighted by atomic mass is 9.94. The molecule has 1 rings (SSSR count). The zero-order valence-electron chi connectivity index (χ0n) is 9.92. The second kappa shape index (κ2) is 7.02. The summed E-state index contributed by atoms with van der Waals surface area (Å²) in [5.74, 6) is 0. The molecule has 0 aliphatic heterocycles. The van der Waals surface area contributed by atoms with Crippen molar-refractivity contribution in [1.29, 1.82) is 0 Å². The van der Waals surface area contributed by atoms with Gasteiger partial charge in [0.15, 0.2) is 0 Å². The molecule has 1 N–H and O–H groups in total. The van der Waals surface area contributed by atoms with E-state index in [1.807, 2.05) is 0 Å². The topological polar surface area (TPSA) is 12.0 Å². The van der Waals surface area contributed by atoms with Gasteiger partial charge in [-0.1, -0.05) is 43.7 Å². The lowest BCUT2D eigenvalue weighted by Gasteiger charge is -2.27. The molecule has 1 nitrogen and oxygen atoms in total. The van der Waals surface area contributed by atoms with Gasteiger partial charge in [0.2, 0.25) is 0 Å². The molecule has 0 spiro atoms. The van der Waals surface area contributed by atoms with E-state index in [2.05, 4.69) is 56.4 Å². The Hall–Kier alpha value is -0.340. The third-order valence-electron chi connectivity index (χ3n) is 2.59. The lowest BCUT2D eigenvalue weighted by molar-refractivity contribution is 0.399. The number of hydrogen-bond acceptors (Lipinski definition) is 1. The van der Waals surface area contributed by atoms with Crippen molar-refractivity contribution in [2.24, 2.45) is 0 Å². The molecule has 1 aromatic carbocycles. The molecule has 0 saturated heterocycles. The summed E-state index contributed by atoms with van der Waals surface area (Å²) in [5.41, 5.74) is 1.45. The van der Waals surface area contributed by atoms with Crippen LogP contribution in [0, 0.1) is 0 Å². The van der Waals surface area contributed by atoms with Crippen LogP contribution in [-0.4, -0.2) is 6.54 Å². The Labute approximate surface area is 104 Å². The van der Waals surface area contributed by atoms with Crippen LogP contribution in [0.5, 0.6) is 0 Å². The van der Waals surface area contributed by atoms with E-state index in [1.54, 1.807) is 0 Å². The lowest BCUT2D eigenvalue weighted by Crippen LogP contribution is -2.36. The average Bonchev–Trinajstić information content (AvgIpc) is 2.19. The van der Waals surface area contributed by atoms with Crippen molar-refractivity contribution in [1.82, 2.24) is 5.32 Å². The number of rotatable bonds is 5. The summed E-state index contributed by atoms with van der Waals surface area (Å²) in [6.45, 7) is 7.78. The first-order chi connectivity index (χ1) is 6.67. The third-order valence-corrected chi connectivity index (χ3v) is 2.59. The first kappa shape index (κ1) is 14.7. The maximum atomic E-state index is 3.58. The van der Waals surface area contributed by atoms with E-state index in [-0.39, 0.29) is 22.5 Å². The van der Waals surface area contributed by atoms with Gasteiger partial charge in [0.25, 0.3) is 0 Å². The van der Waals surface area contributed by atoms with E-state index in [0.29, 0.717) is 0 Å². The molecule has 0 aliphatic carbocycles. The van der Waals surface area contributed by atoms with E-state index < -0.39 is 0 Å². The summed E-state index contributed by atoms with van der Waals surface area (Å²) >= 11 is 0. The predicted molar refractivity (Wildman–Crippen MR) is 72.7 cm³/mol. The van der Waals surface area contributed by atoms with Gasteiger partial charge in [-0.15, -0.1) is 17.0 Å². The van der Waals surface area contributed by atoms with Crippen molar-refractivity contribution in [3.63, 3.8) is 0 Å². The molecule has 0 amide bonds. The highest BCUT2D eigenvalue weighted by Crippen LogP contribution is 2.18. The highest BCUT2D eigenvalue weighted by atomic mass is 79.9. The Balaban J connectivity index is 0.00000196. The molecule has 15 heavy (non-hydrogen) atoms. The zero-order chi connectivity index (χ0) is 10.4. The molecule has 0 heterocycles. The fourth-order valence-corrected chi connectivity index (χ4v) is 1.53. The van der Waals surface area contributed by atoms with Crippen LogP contribution in [0.2, 0.25) is 0 Å². The molecule has 0 aliphatic rings. The Morgan fingerprint density at radius 2 is 1.73 bits per heavy atom. The molecule has 0 bridgehead atoms. The van der Waals surface area contributed by atoms with Gasteiger partial charge in [0, 0.05) is 5.54 Å². The van der Waals surface area contributed by atoms with Crippen molar-refractivity contribution >= 4 is 17.0 Å². The number of nitrogens with one attached hydrogen (secondary N) is 1. The summed E-state index contributed by atoms with van der Waals surface area (Å²) < 4.78 is 0. The standard InChI is InChI=1S/C13H21N.BrH/c1-4-5-11-14-13(2,3)12-9-7-6-8-10-12;/h6-10,14H,4-5,11H2,1-3H3;1H. The molecule has 0 radical (unpaired) electrons. The Kier molecular flexibility index (Phi) is 6.86. The normalized spacial score (nSPS) is 10.9. The van der Waals surface area contributed by atoms with Crippen molar-refractivity contribution in [3.8, 4) is 0 Å². The van der Waals surface area contributed by atoms with Crippen LogP contribution in [0.1, 0.15) is 39.2 Å². The van der Waals surface area contributed by atoms with Crippen molar-refractivity contribution in [3.05, 3.63) is 35.9 Å². The zero-order valence-corrected chi connectivity index (χ0v) is 11.6. The van der Waals surface area contributed by atoms with Gasteiger partial charge < -0.3 is 5.32 Å². The summed E-state index contributed by atoms with van der Waals surface area (Å²) in [6, 6.07) is 10.6. The van der Waals surface area contributed by atoms with Crippen LogP contribution >= 0.6 is 17.0 Å². The van der Waals surface area contributed by atoms with Crippen molar-refractivity contribution < 1.29 is 0 Å². The van der Waals surface area contributed by atoms with E-state index >= 15 is 0 Å². The van der Waals surface area contributed by atoms with E-state index in [0.717, 1.165) is 6.54 Å². The fourth-order valence-electron chi connectivity index (χ4n) is 1.53. The Morgan fingerprint density at radius 3 is 2.27 bits per heavy atom. The Bertz CT molecular complexity index is 256. The second-order valence-corrected chi connectivity index (χ2v) is 4.27.